The van der Waals surface area contributed by atoms with E-state index in [-0.39, 0.29) is 53.5 Å². The highest BCUT2D eigenvalue weighted by Crippen LogP contribution is 2.32. The number of aliphatic hydroxyl groups excluding tert-OH is 1. The molecular formula is C29H33F3N4O6S2. The first-order valence-electron chi connectivity index (χ1n) is 13.6. The SMILES string of the molecule is C[C@@H]1CN([C@H](C)CO)C(=O)Cc2cc(NS(=O)(=O)c3cccs3)ccc2O[C@@H]1CN(C)C(=O)Nc1ccc(C(F)(F)F)cc1. The number of hydrogen-bond acceptors (Lipinski definition) is 7. The van der Waals surface area contributed by atoms with Gasteiger partial charge in [-0.3, -0.25) is 9.52 Å². The Balaban J connectivity index is 1.58. The van der Waals surface area contributed by atoms with Crippen molar-refractivity contribution in [2.24, 2.45) is 5.92 Å². The second-order valence-electron chi connectivity index (χ2n) is 10.6. The van der Waals surface area contributed by atoms with Gasteiger partial charge in [0.05, 0.1) is 31.2 Å². The predicted molar refractivity (Wildman–Crippen MR) is 160 cm³/mol. The highest BCUT2D eigenvalue weighted by Gasteiger charge is 2.33. The number of hydrogen-bond donors (Lipinski definition) is 3. The van der Waals surface area contributed by atoms with Crippen LogP contribution in [0.3, 0.4) is 0 Å². The first kappa shape index (κ1) is 33.1. The molecule has 15 heteroatoms. The maximum absolute atomic E-state index is 13.4. The van der Waals surface area contributed by atoms with E-state index >= 15 is 0 Å². The minimum atomic E-state index is -4.50. The largest absolute Gasteiger partial charge is 0.488 e. The average molecular weight is 655 g/mol. The molecule has 0 saturated carbocycles. The van der Waals surface area contributed by atoms with Gasteiger partial charge in [0.25, 0.3) is 10.0 Å². The van der Waals surface area contributed by atoms with Gasteiger partial charge in [-0.25, -0.2) is 13.2 Å². The van der Waals surface area contributed by atoms with Crippen molar-refractivity contribution in [3.05, 3.63) is 71.1 Å². The molecule has 0 unspecified atom stereocenters. The van der Waals surface area contributed by atoms with Crippen LogP contribution in [0.4, 0.5) is 29.3 Å². The number of likely N-dealkylation sites (N-methyl/N-ethyl adjacent to an activating group) is 1. The fourth-order valence-corrected chi connectivity index (χ4v) is 6.69. The van der Waals surface area contributed by atoms with Gasteiger partial charge in [0.1, 0.15) is 16.1 Å². The number of rotatable bonds is 8. The molecule has 1 aliphatic rings. The summed E-state index contributed by atoms with van der Waals surface area (Å²) in [6, 6.07) is 10.7. The number of ether oxygens (including phenoxy) is 1. The summed E-state index contributed by atoms with van der Waals surface area (Å²) in [6.45, 7) is 3.49. The lowest BCUT2D eigenvalue weighted by atomic mass is 10.0. The highest BCUT2D eigenvalue weighted by atomic mass is 32.2. The van der Waals surface area contributed by atoms with Crippen molar-refractivity contribution in [3.63, 3.8) is 0 Å². The Labute approximate surface area is 257 Å². The zero-order valence-electron chi connectivity index (χ0n) is 24.2. The lowest BCUT2D eigenvalue weighted by Crippen LogP contribution is -2.48. The molecule has 0 fully saturated rings. The van der Waals surface area contributed by atoms with E-state index in [2.05, 4.69) is 10.0 Å². The van der Waals surface area contributed by atoms with Crippen LogP contribution in [-0.2, 0) is 27.4 Å². The first-order valence-corrected chi connectivity index (χ1v) is 16.0. The molecule has 2 heterocycles. The number of nitrogens with zero attached hydrogens (tertiary/aromatic N) is 2. The van der Waals surface area contributed by atoms with Gasteiger partial charge in [0.15, 0.2) is 0 Å². The quantitative estimate of drug-likeness (QED) is 0.318. The summed E-state index contributed by atoms with van der Waals surface area (Å²) >= 11 is 1.06. The minimum Gasteiger partial charge on any atom is -0.488 e. The fraction of sp³-hybridized carbons (Fsp3) is 0.379. The van der Waals surface area contributed by atoms with E-state index in [1.165, 1.54) is 35.0 Å². The summed E-state index contributed by atoms with van der Waals surface area (Å²) in [6.07, 6.45) is -5.29. The van der Waals surface area contributed by atoms with E-state index in [4.69, 9.17) is 4.74 Å². The summed E-state index contributed by atoms with van der Waals surface area (Å²) < 4.78 is 73.3. The van der Waals surface area contributed by atoms with Gasteiger partial charge >= 0.3 is 12.2 Å². The molecule has 10 nitrogen and oxygen atoms in total. The molecule has 1 aromatic heterocycles. The topological polar surface area (TPSA) is 128 Å². The molecule has 44 heavy (non-hydrogen) atoms. The molecule has 0 saturated heterocycles. The van der Waals surface area contributed by atoms with E-state index in [0.717, 1.165) is 35.6 Å². The van der Waals surface area contributed by atoms with Crippen molar-refractivity contribution in [3.8, 4) is 5.75 Å². The smallest absolute Gasteiger partial charge is 0.416 e. The number of halogens is 3. The molecule has 2 aromatic carbocycles. The Morgan fingerprint density at radius 2 is 1.86 bits per heavy atom. The summed E-state index contributed by atoms with van der Waals surface area (Å²) in [4.78, 5) is 29.2. The van der Waals surface area contributed by atoms with Crippen molar-refractivity contribution < 1.29 is 41.0 Å². The summed E-state index contributed by atoms with van der Waals surface area (Å²) in [5, 5.41) is 14.1. The summed E-state index contributed by atoms with van der Waals surface area (Å²) in [5.74, 6) is -0.308. The molecule has 3 N–H and O–H groups in total. The molecule has 4 rings (SSSR count). The number of carbonyl (C=O) groups excluding carboxylic acids is 2. The maximum Gasteiger partial charge on any atom is 0.416 e. The number of benzene rings is 2. The number of urea groups is 1. The molecule has 3 aromatic rings. The lowest BCUT2D eigenvalue weighted by molar-refractivity contribution is -0.137. The summed E-state index contributed by atoms with van der Waals surface area (Å²) in [5.41, 5.74) is -0.0246. The van der Waals surface area contributed by atoms with Gasteiger partial charge in [-0.2, -0.15) is 13.2 Å². The molecule has 0 aliphatic carbocycles. The molecule has 238 valence electrons. The fourth-order valence-electron chi connectivity index (χ4n) is 4.65. The Morgan fingerprint density at radius 1 is 1.18 bits per heavy atom. The van der Waals surface area contributed by atoms with Gasteiger partial charge in [0, 0.05) is 36.4 Å². The van der Waals surface area contributed by atoms with E-state index in [1.54, 1.807) is 24.4 Å². The van der Waals surface area contributed by atoms with E-state index in [0.29, 0.717) is 11.3 Å². The second kappa shape index (κ2) is 13.4. The van der Waals surface area contributed by atoms with Crippen LogP contribution in [0.15, 0.2) is 64.2 Å². The van der Waals surface area contributed by atoms with Gasteiger partial charge < -0.3 is 25.0 Å². The Kier molecular flexibility index (Phi) is 10.1. The van der Waals surface area contributed by atoms with Crippen molar-refractivity contribution in [1.29, 1.82) is 0 Å². The van der Waals surface area contributed by atoms with Crippen molar-refractivity contribution >= 4 is 44.7 Å². The monoisotopic (exact) mass is 654 g/mol. The average Bonchev–Trinajstić information content (AvgIpc) is 3.52. The number of sulfonamides is 1. The molecule has 0 radical (unpaired) electrons. The van der Waals surface area contributed by atoms with Gasteiger partial charge in [-0.1, -0.05) is 13.0 Å². The first-order chi connectivity index (χ1) is 20.7. The number of nitrogens with one attached hydrogen (secondary N) is 2. The number of carbonyl (C=O) groups is 2. The van der Waals surface area contributed by atoms with Crippen molar-refractivity contribution in [1.82, 2.24) is 9.80 Å². The van der Waals surface area contributed by atoms with Crippen LogP contribution in [0.5, 0.6) is 5.75 Å². The standard InChI is InChI=1S/C29H33F3N4O6S2/c1-18-15-36(19(2)17-37)26(38)14-20-13-23(34-44(40,41)27-5-4-12-43-27)10-11-24(20)42-25(18)16-35(3)28(39)33-22-8-6-21(7-9-22)29(30,31)32/h4-13,18-19,25,34,37H,14-17H2,1-3H3,(H,33,39)/t18-,19-,25-/m1/s1. The van der Waals surface area contributed by atoms with Crippen LogP contribution in [0.1, 0.15) is 25.0 Å². The van der Waals surface area contributed by atoms with E-state index in [9.17, 15) is 36.3 Å². The number of fused-ring (bicyclic) bond motifs is 1. The Bertz CT molecular complexity index is 1570. The third-order valence-corrected chi connectivity index (χ3v) is 9.97. The summed E-state index contributed by atoms with van der Waals surface area (Å²) in [7, 11) is -2.35. The van der Waals surface area contributed by atoms with E-state index < -0.39 is 39.9 Å². The lowest BCUT2D eigenvalue weighted by Gasteiger charge is -2.34. The third kappa shape index (κ3) is 8.01. The third-order valence-electron chi connectivity index (χ3n) is 7.19. The van der Waals surface area contributed by atoms with Crippen LogP contribution >= 0.6 is 11.3 Å². The van der Waals surface area contributed by atoms with Crippen molar-refractivity contribution in [2.45, 2.75) is 42.8 Å². The van der Waals surface area contributed by atoms with Gasteiger partial charge in [-0.15, -0.1) is 11.3 Å². The zero-order valence-corrected chi connectivity index (χ0v) is 25.8. The van der Waals surface area contributed by atoms with Crippen LogP contribution in [0, 0.1) is 5.92 Å². The Hall–Kier alpha value is -3.82. The zero-order chi connectivity index (χ0) is 32.2. The molecule has 0 bridgehead atoms. The Morgan fingerprint density at radius 3 is 2.48 bits per heavy atom. The highest BCUT2D eigenvalue weighted by molar-refractivity contribution is 7.94. The van der Waals surface area contributed by atoms with Crippen LogP contribution in [-0.4, -0.2) is 74.2 Å². The van der Waals surface area contributed by atoms with Gasteiger partial charge in [-0.05, 0) is 60.8 Å². The van der Waals surface area contributed by atoms with E-state index in [1.807, 2.05) is 6.92 Å². The molecule has 3 atom stereocenters. The molecular weight excluding hydrogens is 621 g/mol. The number of aliphatic hydroxyl groups is 1. The molecule has 1 aliphatic heterocycles. The van der Waals surface area contributed by atoms with Crippen molar-refractivity contribution in [2.75, 3.05) is 36.8 Å². The van der Waals surface area contributed by atoms with Crippen LogP contribution in [0.2, 0.25) is 0 Å². The predicted octanol–water partition coefficient (Wildman–Crippen LogP) is 4.88. The van der Waals surface area contributed by atoms with Crippen LogP contribution in [0.25, 0.3) is 0 Å². The number of anilines is 2. The number of thiophene rings is 1. The normalized spacial score (nSPS) is 18.2. The van der Waals surface area contributed by atoms with Gasteiger partial charge in [0.2, 0.25) is 5.91 Å². The maximum atomic E-state index is 13.4. The van der Waals surface area contributed by atoms with Crippen LogP contribution < -0.4 is 14.8 Å². The number of alkyl halides is 3. The minimum absolute atomic E-state index is 0.0371. The molecule has 3 amide bonds. The second-order valence-corrected chi connectivity index (χ2v) is 13.5. The molecule has 0 spiro atoms. The number of amides is 3.